The van der Waals surface area contributed by atoms with E-state index in [0.29, 0.717) is 22.1 Å². The van der Waals surface area contributed by atoms with Crippen LogP contribution < -0.4 is 14.9 Å². The van der Waals surface area contributed by atoms with Crippen LogP contribution in [0.15, 0.2) is 47.6 Å². The molecule has 1 aliphatic rings. The highest BCUT2D eigenvalue weighted by molar-refractivity contribution is 6.30. The smallest absolute Gasteiger partial charge is 0.271 e. The van der Waals surface area contributed by atoms with Gasteiger partial charge in [-0.25, -0.2) is 5.43 Å². The van der Waals surface area contributed by atoms with E-state index in [-0.39, 0.29) is 12.7 Å². The van der Waals surface area contributed by atoms with E-state index in [0.717, 1.165) is 5.56 Å². The van der Waals surface area contributed by atoms with Crippen LogP contribution in [0.1, 0.15) is 15.9 Å². The van der Waals surface area contributed by atoms with Gasteiger partial charge in [-0.1, -0.05) is 23.7 Å². The number of hydrazone groups is 1. The summed E-state index contributed by atoms with van der Waals surface area (Å²) in [7, 11) is 0. The number of carbonyl (C=O) groups is 1. The van der Waals surface area contributed by atoms with Crippen molar-refractivity contribution in [2.75, 3.05) is 6.79 Å². The highest BCUT2D eigenvalue weighted by Crippen LogP contribution is 2.32. The highest BCUT2D eigenvalue weighted by atomic mass is 35.5. The van der Waals surface area contributed by atoms with Gasteiger partial charge in [-0.15, -0.1) is 0 Å². The molecule has 1 N–H and O–H groups in total. The van der Waals surface area contributed by atoms with Crippen LogP contribution >= 0.6 is 11.6 Å². The van der Waals surface area contributed by atoms with Crippen molar-refractivity contribution in [2.24, 2.45) is 5.10 Å². The van der Waals surface area contributed by atoms with Crippen LogP contribution in [0.25, 0.3) is 0 Å². The number of rotatable bonds is 3. The normalized spacial score (nSPS) is 12.6. The van der Waals surface area contributed by atoms with Crippen molar-refractivity contribution in [3.05, 3.63) is 58.6 Å². The Morgan fingerprint density at radius 3 is 2.90 bits per heavy atom. The number of benzene rings is 2. The molecule has 0 unspecified atom stereocenters. The summed E-state index contributed by atoms with van der Waals surface area (Å²) in [4.78, 5) is 12.0. The Balaban J connectivity index is 1.66. The molecule has 0 spiro atoms. The molecule has 0 bridgehead atoms. The summed E-state index contributed by atoms with van der Waals surface area (Å²) in [6.07, 6.45) is 1.52. The molecular formula is C15H11ClN2O3. The molecule has 0 aromatic heterocycles. The Bertz CT molecular complexity index is 716. The van der Waals surface area contributed by atoms with Crippen LogP contribution in [0.2, 0.25) is 5.02 Å². The van der Waals surface area contributed by atoms with Crippen LogP contribution in [0.3, 0.4) is 0 Å². The van der Waals surface area contributed by atoms with Gasteiger partial charge in [0.2, 0.25) is 6.79 Å². The van der Waals surface area contributed by atoms with Gasteiger partial charge in [0, 0.05) is 10.6 Å². The first kappa shape index (κ1) is 13.5. The third kappa shape index (κ3) is 3.14. The maximum absolute atomic E-state index is 12.0. The SMILES string of the molecule is O=C(NN=Cc1cccc(Cl)c1)c1ccc2c(c1)OCO2. The number of nitrogens with one attached hydrogen (secondary N) is 1. The molecule has 1 aliphatic heterocycles. The maximum Gasteiger partial charge on any atom is 0.271 e. The van der Waals surface area contributed by atoms with Gasteiger partial charge in [-0.05, 0) is 35.9 Å². The van der Waals surface area contributed by atoms with E-state index in [1.54, 1.807) is 30.3 Å². The largest absolute Gasteiger partial charge is 0.454 e. The first-order valence-corrected chi connectivity index (χ1v) is 6.59. The van der Waals surface area contributed by atoms with Crippen molar-refractivity contribution in [2.45, 2.75) is 0 Å². The van der Waals surface area contributed by atoms with Gasteiger partial charge >= 0.3 is 0 Å². The second kappa shape index (κ2) is 5.85. The van der Waals surface area contributed by atoms with Gasteiger partial charge < -0.3 is 9.47 Å². The summed E-state index contributed by atoms with van der Waals surface area (Å²) >= 11 is 5.86. The molecule has 6 heteroatoms. The molecule has 21 heavy (non-hydrogen) atoms. The molecule has 0 saturated heterocycles. The molecule has 2 aromatic carbocycles. The molecule has 0 fully saturated rings. The number of hydrogen-bond acceptors (Lipinski definition) is 4. The molecule has 1 heterocycles. The van der Waals surface area contributed by atoms with E-state index in [1.807, 2.05) is 12.1 Å². The quantitative estimate of drug-likeness (QED) is 0.700. The molecule has 0 aliphatic carbocycles. The van der Waals surface area contributed by atoms with Gasteiger partial charge in [-0.2, -0.15) is 5.10 Å². The molecule has 0 atom stereocenters. The van der Waals surface area contributed by atoms with Crippen molar-refractivity contribution >= 4 is 23.7 Å². The number of fused-ring (bicyclic) bond motifs is 1. The number of ether oxygens (including phenoxy) is 2. The zero-order valence-electron chi connectivity index (χ0n) is 10.9. The molecular weight excluding hydrogens is 292 g/mol. The zero-order chi connectivity index (χ0) is 14.7. The third-order valence-corrected chi connectivity index (χ3v) is 3.10. The number of halogens is 1. The minimum absolute atomic E-state index is 0.174. The highest BCUT2D eigenvalue weighted by Gasteiger charge is 2.15. The molecule has 0 radical (unpaired) electrons. The third-order valence-electron chi connectivity index (χ3n) is 2.86. The first-order chi connectivity index (χ1) is 10.2. The second-order valence-corrected chi connectivity index (χ2v) is 4.76. The number of nitrogens with zero attached hydrogens (tertiary/aromatic N) is 1. The van der Waals surface area contributed by atoms with Crippen molar-refractivity contribution in [1.29, 1.82) is 0 Å². The number of hydrogen-bond donors (Lipinski definition) is 1. The fourth-order valence-corrected chi connectivity index (χ4v) is 2.05. The summed E-state index contributed by atoms with van der Waals surface area (Å²) in [5, 5.41) is 4.51. The monoisotopic (exact) mass is 302 g/mol. The van der Waals surface area contributed by atoms with Crippen molar-refractivity contribution in [1.82, 2.24) is 5.43 Å². The fraction of sp³-hybridized carbons (Fsp3) is 0.0667. The minimum atomic E-state index is -0.327. The van der Waals surface area contributed by atoms with Crippen molar-refractivity contribution in [3.8, 4) is 11.5 Å². The van der Waals surface area contributed by atoms with Gasteiger partial charge in [0.05, 0.1) is 6.21 Å². The summed E-state index contributed by atoms with van der Waals surface area (Å²) in [6, 6.07) is 12.1. The zero-order valence-corrected chi connectivity index (χ0v) is 11.6. The lowest BCUT2D eigenvalue weighted by Crippen LogP contribution is -2.17. The Hall–Kier alpha value is -2.53. The fourth-order valence-electron chi connectivity index (χ4n) is 1.85. The predicted octanol–water partition coefficient (Wildman–Crippen LogP) is 2.83. The van der Waals surface area contributed by atoms with E-state index in [2.05, 4.69) is 10.5 Å². The summed E-state index contributed by atoms with van der Waals surface area (Å²) in [5.74, 6) is 0.863. The maximum atomic E-state index is 12.0. The first-order valence-electron chi connectivity index (χ1n) is 6.21. The van der Waals surface area contributed by atoms with Crippen LogP contribution in [0.4, 0.5) is 0 Å². The Morgan fingerprint density at radius 1 is 1.19 bits per heavy atom. The van der Waals surface area contributed by atoms with Gasteiger partial charge in [0.25, 0.3) is 5.91 Å². The lowest BCUT2D eigenvalue weighted by Gasteiger charge is -2.01. The van der Waals surface area contributed by atoms with Crippen LogP contribution in [0.5, 0.6) is 11.5 Å². The van der Waals surface area contributed by atoms with E-state index in [4.69, 9.17) is 21.1 Å². The van der Waals surface area contributed by atoms with Crippen LogP contribution in [0, 0.1) is 0 Å². The summed E-state index contributed by atoms with van der Waals surface area (Å²) < 4.78 is 10.4. The van der Waals surface area contributed by atoms with Crippen LogP contribution in [-0.2, 0) is 0 Å². The molecule has 0 saturated carbocycles. The number of amides is 1. The lowest BCUT2D eigenvalue weighted by atomic mass is 10.2. The average molecular weight is 303 g/mol. The minimum Gasteiger partial charge on any atom is -0.454 e. The van der Waals surface area contributed by atoms with E-state index >= 15 is 0 Å². The lowest BCUT2D eigenvalue weighted by molar-refractivity contribution is 0.0954. The summed E-state index contributed by atoms with van der Waals surface area (Å²) in [6.45, 7) is 0.174. The molecule has 5 nitrogen and oxygen atoms in total. The Morgan fingerprint density at radius 2 is 2.05 bits per heavy atom. The molecule has 3 rings (SSSR count). The molecule has 1 amide bonds. The van der Waals surface area contributed by atoms with E-state index < -0.39 is 0 Å². The number of carbonyl (C=O) groups excluding carboxylic acids is 1. The molecule has 106 valence electrons. The Kier molecular flexibility index (Phi) is 3.75. The van der Waals surface area contributed by atoms with Gasteiger partial charge in [0.15, 0.2) is 11.5 Å². The van der Waals surface area contributed by atoms with Gasteiger partial charge in [0.1, 0.15) is 0 Å². The van der Waals surface area contributed by atoms with E-state index in [1.165, 1.54) is 6.21 Å². The van der Waals surface area contributed by atoms with Crippen molar-refractivity contribution < 1.29 is 14.3 Å². The molecule has 2 aromatic rings. The van der Waals surface area contributed by atoms with Crippen molar-refractivity contribution in [3.63, 3.8) is 0 Å². The van der Waals surface area contributed by atoms with Gasteiger partial charge in [-0.3, -0.25) is 4.79 Å². The van der Waals surface area contributed by atoms with E-state index in [9.17, 15) is 4.79 Å². The average Bonchev–Trinajstić information content (AvgIpc) is 2.94. The van der Waals surface area contributed by atoms with Crippen LogP contribution in [-0.4, -0.2) is 18.9 Å². The second-order valence-electron chi connectivity index (χ2n) is 4.32. The topological polar surface area (TPSA) is 59.9 Å². The Labute approximate surface area is 126 Å². The standard InChI is InChI=1S/C15H11ClN2O3/c16-12-3-1-2-10(6-12)8-17-18-15(19)11-4-5-13-14(7-11)21-9-20-13/h1-8H,9H2,(H,18,19). The summed E-state index contributed by atoms with van der Waals surface area (Å²) in [5.41, 5.74) is 3.70. The predicted molar refractivity (Wildman–Crippen MR) is 79.1 cm³/mol.